The van der Waals surface area contributed by atoms with Crippen LogP contribution in [0.5, 0.6) is 0 Å². The lowest BCUT2D eigenvalue weighted by Gasteiger charge is -2.31. The minimum Gasteiger partial charge on any atom is -0.373 e. The number of nitrogens with one attached hydrogen (secondary N) is 2. The molecule has 0 spiro atoms. The zero-order chi connectivity index (χ0) is 20.5. The summed E-state index contributed by atoms with van der Waals surface area (Å²) < 4.78 is 6.14. The number of thiazole rings is 1. The third-order valence-electron chi connectivity index (χ3n) is 5.25. The first-order valence-electron chi connectivity index (χ1n) is 10.8. The molecular formula is C23H35IN4OS. The van der Waals surface area contributed by atoms with Crippen LogP contribution in [0.15, 0.2) is 34.6 Å². The Morgan fingerprint density at radius 2 is 2.03 bits per heavy atom. The normalized spacial score (nSPS) is 19.2. The van der Waals surface area contributed by atoms with Gasteiger partial charge in [-0.25, -0.2) is 4.98 Å². The maximum atomic E-state index is 6.14. The first kappa shape index (κ1) is 25.1. The molecule has 30 heavy (non-hydrogen) atoms. The fourth-order valence-electron chi connectivity index (χ4n) is 3.64. The van der Waals surface area contributed by atoms with Crippen molar-refractivity contribution in [2.24, 2.45) is 10.9 Å². The molecule has 1 aliphatic rings. The predicted molar refractivity (Wildman–Crippen MR) is 137 cm³/mol. The Morgan fingerprint density at radius 1 is 1.23 bits per heavy atom. The lowest BCUT2D eigenvalue weighted by Crippen LogP contribution is -2.39. The highest BCUT2D eigenvalue weighted by Gasteiger charge is 2.27. The number of nitrogens with zero attached hydrogens (tertiary/aromatic N) is 2. The van der Waals surface area contributed by atoms with Gasteiger partial charge in [0.25, 0.3) is 0 Å². The van der Waals surface area contributed by atoms with Crippen molar-refractivity contribution < 1.29 is 4.74 Å². The van der Waals surface area contributed by atoms with Crippen molar-refractivity contribution >= 4 is 41.3 Å². The van der Waals surface area contributed by atoms with Gasteiger partial charge in [-0.2, -0.15) is 0 Å². The molecule has 0 bridgehead atoms. The standard InChI is InChI=1S/C23H34N4OS.HI/c1-4-21-27-20(16-29-21)12-13-25-23(24-5-2)26-15-19-7-6-14-28-22(19)18-10-8-17(3)9-11-18;/h8-11,16,19,22H,4-7,12-15H2,1-3H3,(H2,24,25,26);1H. The van der Waals surface area contributed by atoms with Gasteiger partial charge in [-0.3, -0.25) is 4.99 Å². The molecule has 2 aromatic rings. The van der Waals surface area contributed by atoms with E-state index in [9.17, 15) is 0 Å². The van der Waals surface area contributed by atoms with Crippen LogP contribution < -0.4 is 10.6 Å². The third-order valence-corrected chi connectivity index (χ3v) is 6.30. The average Bonchev–Trinajstić information content (AvgIpc) is 3.21. The van der Waals surface area contributed by atoms with Gasteiger partial charge in [-0.1, -0.05) is 36.8 Å². The fraction of sp³-hybridized carbons (Fsp3) is 0.565. The van der Waals surface area contributed by atoms with Crippen molar-refractivity contribution in [2.75, 3.05) is 26.2 Å². The molecule has 0 amide bonds. The van der Waals surface area contributed by atoms with Gasteiger partial charge in [0, 0.05) is 44.0 Å². The van der Waals surface area contributed by atoms with Crippen LogP contribution in [0.25, 0.3) is 0 Å². The molecule has 2 unspecified atom stereocenters. The summed E-state index contributed by atoms with van der Waals surface area (Å²) in [4.78, 5) is 9.52. The van der Waals surface area contributed by atoms with Crippen molar-refractivity contribution in [3.8, 4) is 0 Å². The number of guanidine groups is 1. The fourth-order valence-corrected chi connectivity index (χ4v) is 4.42. The highest BCUT2D eigenvalue weighted by molar-refractivity contribution is 14.0. The van der Waals surface area contributed by atoms with E-state index in [1.165, 1.54) is 16.1 Å². The lowest BCUT2D eigenvalue weighted by atomic mass is 9.89. The molecule has 7 heteroatoms. The van der Waals surface area contributed by atoms with Gasteiger partial charge in [-0.15, -0.1) is 35.3 Å². The van der Waals surface area contributed by atoms with Crippen LogP contribution in [0.3, 0.4) is 0 Å². The van der Waals surface area contributed by atoms with Crippen LogP contribution >= 0.6 is 35.3 Å². The molecule has 0 aliphatic carbocycles. The molecular weight excluding hydrogens is 507 g/mol. The lowest BCUT2D eigenvalue weighted by molar-refractivity contribution is -0.0250. The minimum absolute atomic E-state index is 0. The second-order valence-corrected chi connectivity index (χ2v) is 8.53. The number of hydrogen-bond acceptors (Lipinski definition) is 4. The summed E-state index contributed by atoms with van der Waals surface area (Å²) in [6.45, 7) is 9.66. The summed E-state index contributed by atoms with van der Waals surface area (Å²) in [5.74, 6) is 1.29. The maximum Gasteiger partial charge on any atom is 0.191 e. The summed E-state index contributed by atoms with van der Waals surface area (Å²) in [7, 11) is 0. The molecule has 1 aromatic carbocycles. The SMILES string of the molecule is CCNC(=NCC1CCCOC1c1ccc(C)cc1)NCCc1csc(CC)n1.I. The van der Waals surface area contributed by atoms with Crippen molar-refractivity contribution in [1.82, 2.24) is 15.6 Å². The van der Waals surface area contributed by atoms with Gasteiger partial charge < -0.3 is 15.4 Å². The van der Waals surface area contributed by atoms with E-state index in [0.717, 1.165) is 63.6 Å². The van der Waals surface area contributed by atoms with Crippen molar-refractivity contribution in [2.45, 2.75) is 52.6 Å². The molecule has 166 valence electrons. The molecule has 2 atom stereocenters. The Hall–Kier alpha value is -1.19. The highest BCUT2D eigenvalue weighted by Crippen LogP contribution is 2.33. The number of aromatic nitrogens is 1. The van der Waals surface area contributed by atoms with Crippen LogP contribution in [0, 0.1) is 12.8 Å². The molecule has 5 nitrogen and oxygen atoms in total. The maximum absolute atomic E-state index is 6.14. The van der Waals surface area contributed by atoms with Crippen LogP contribution in [0.1, 0.15) is 54.6 Å². The number of aliphatic imine (C=N–C) groups is 1. The summed E-state index contributed by atoms with van der Waals surface area (Å²) >= 11 is 1.75. The molecule has 0 radical (unpaired) electrons. The summed E-state index contributed by atoms with van der Waals surface area (Å²) in [5.41, 5.74) is 3.71. The Morgan fingerprint density at radius 3 is 2.73 bits per heavy atom. The Labute approximate surface area is 202 Å². The van der Waals surface area contributed by atoms with Crippen molar-refractivity contribution in [1.29, 1.82) is 0 Å². The minimum atomic E-state index is 0. The van der Waals surface area contributed by atoms with E-state index in [1.54, 1.807) is 11.3 Å². The van der Waals surface area contributed by atoms with Crippen LogP contribution in [-0.4, -0.2) is 37.2 Å². The van der Waals surface area contributed by atoms with Gasteiger partial charge in [0.2, 0.25) is 0 Å². The van der Waals surface area contributed by atoms with Gasteiger partial charge in [0.15, 0.2) is 5.96 Å². The second kappa shape index (κ2) is 13.3. The van der Waals surface area contributed by atoms with Gasteiger partial charge in [-0.05, 0) is 38.7 Å². The van der Waals surface area contributed by atoms with E-state index in [2.05, 4.69) is 66.0 Å². The molecule has 1 aromatic heterocycles. The zero-order valence-corrected chi connectivity index (χ0v) is 21.5. The van der Waals surface area contributed by atoms with Crippen molar-refractivity contribution in [3.63, 3.8) is 0 Å². The second-order valence-electron chi connectivity index (χ2n) is 7.59. The number of halogens is 1. The molecule has 1 fully saturated rings. The number of ether oxygens (including phenoxy) is 1. The van der Waals surface area contributed by atoms with E-state index in [0.29, 0.717) is 5.92 Å². The van der Waals surface area contributed by atoms with E-state index in [1.807, 2.05) is 0 Å². The molecule has 3 rings (SSSR count). The highest BCUT2D eigenvalue weighted by atomic mass is 127. The summed E-state index contributed by atoms with van der Waals surface area (Å²) in [6, 6.07) is 8.73. The van der Waals surface area contributed by atoms with Crippen LogP contribution in [-0.2, 0) is 17.6 Å². The van der Waals surface area contributed by atoms with Crippen molar-refractivity contribution in [3.05, 3.63) is 51.5 Å². The Kier molecular flexibility index (Phi) is 11.1. The van der Waals surface area contributed by atoms with E-state index < -0.39 is 0 Å². The van der Waals surface area contributed by atoms with Crippen LogP contribution in [0.4, 0.5) is 0 Å². The van der Waals surface area contributed by atoms with E-state index in [-0.39, 0.29) is 30.1 Å². The van der Waals surface area contributed by atoms with Gasteiger partial charge in [0.05, 0.1) is 16.8 Å². The molecule has 1 saturated heterocycles. The Balaban J connectivity index is 0.00000320. The predicted octanol–water partition coefficient (Wildman–Crippen LogP) is 4.90. The summed E-state index contributed by atoms with van der Waals surface area (Å²) in [5, 5.41) is 10.2. The largest absolute Gasteiger partial charge is 0.373 e. The average molecular weight is 543 g/mol. The Bertz CT molecular complexity index is 778. The first-order chi connectivity index (χ1) is 14.2. The molecule has 2 heterocycles. The van der Waals surface area contributed by atoms with E-state index in [4.69, 9.17) is 9.73 Å². The topological polar surface area (TPSA) is 58.5 Å². The monoisotopic (exact) mass is 542 g/mol. The number of rotatable bonds is 8. The van der Waals surface area contributed by atoms with Crippen LogP contribution in [0.2, 0.25) is 0 Å². The van der Waals surface area contributed by atoms with Gasteiger partial charge >= 0.3 is 0 Å². The number of hydrogen-bond donors (Lipinski definition) is 2. The quantitative estimate of drug-likeness (QED) is 0.283. The van der Waals surface area contributed by atoms with E-state index >= 15 is 0 Å². The molecule has 2 N–H and O–H groups in total. The molecule has 1 aliphatic heterocycles. The first-order valence-corrected chi connectivity index (χ1v) is 11.7. The number of benzene rings is 1. The smallest absolute Gasteiger partial charge is 0.191 e. The molecule has 0 saturated carbocycles. The zero-order valence-electron chi connectivity index (χ0n) is 18.3. The third kappa shape index (κ3) is 7.50. The van der Waals surface area contributed by atoms with Gasteiger partial charge in [0.1, 0.15) is 0 Å². The summed E-state index contributed by atoms with van der Waals surface area (Å²) in [6.07, 6.45) is 4.32. The number of aryl methyl sites for hydroxylation is 2.